The van der Waals surface area contributed by atoms with Gasteiger partial charge in [-0.1, -0.05) is 6.07 Å². The van der Waals surface area contributed by atoms with Crippen LogP contribution in [0.4, 0.5) is 4.39 Å². The van der Waals surface area contributed by atoms with Crippen molar-refractivity contribution in [3.05, 3.63) is 29.6 Å². The molecule has 4 heteroatoms. The van der Waals surface area contributed by atoms with Crippen molar-refractivity contribution in [1.82, 2.24) is 0 Å². The van der Waals surface area contributed by atoms with E-state index in [1.54, 1.807) is 12.3 Å². The van der Waals surface area contributed by atoms with E-state index in [1.807, 2.05) is 26.8 Å². The second-order valence-electron chi connectivity index (χ2n) is 4.48. The molecule has 0 aliphatic carbocycles. The fourth-order valence-corrected chi connectivity index (χ4v) is 1.68. The van der Waals surface area contributed by atoms with E-state index in [2.05, 4.69) is 9.98 Å². The van der Waals surface area contributed by atoms with Crippen LogP contribution in [0.2, 0.25) is 0 Å². The van der Waals surface area contributed by atoms with Gasteiger partial charge in [-0.2, -0.15) is 0 Å². The summed E-state index contributed by atoms with van der Waals surface area (Å²) in [6.45, 7) is 5.61. The summed E-state index contributed by atoms with van der Waals surface area (Å²) in [7, 11) is 0. The average molecular weight is 234 g/mol. The zero-order valence-electron chi connectivity index (χ0n) is 10.1. The fourth-order valence-electron chi connectivity index (χ4n) is 1.68. The molecule has 3 nitrogen and oxygen atoms in total. The Bertz CT molecular complexity index is 468. The first kappa shape index (κ1) is 11.8. The van der Waals surface area contributed by atoms with Crippen molar-refractivity contribution in [3.8, 4) is 5.75 Å². The van der Waals surface area contributed by atoms with Gasteiger partial charge in [0.1, 0.15) is 11.9 Å². The molecule has 90 valence electrons. The first-order valence-electron chi connectivity index (χ1n) is 5.56. The van der Waals surface area contributed by atoms with Gasteiger partial charge in [0.15, 0.2) is 11.6 Å². The highest BCUT2D eigenvalue weighted by atomic mass is 19.1. The standard InChI is InChI=1S/C13H15FN2O/c1-9(2)17-12-5-4-10(6-11(12)14)13(3)7-15-8-16-13/h4-9H,1-3H3. The summed E-state index contributed by atoms with van der Waals surface area (Å²) in [5, 5.41) is 0. The van der Waals surface area contributed by atoms with Crippen molar-refractivity contribution >= 4 is 12.6 Å². The van der Waals surface area contributed by atoms with E-state index in [1.165, 1.54) is 12.4 Å². The van der Waals surface area contributed by atoms with Gasteiger partial charge in [0, 0.05) is 6.21 Å². The lowest BCUT2D eigenvalue weighted by molar-refractivity contribution is 0.231. The van der Waals surface area contributed by atoms with Crippen LogP contribution in [0.15, 0.2) is 28.2 Å². The molecule has 1 aliphatic rings. The van der Waals surface area contributed by atoms with E-state index in [0.29, 0.717) is 0 Å². The van der Waals surface area contributed by atoms with Crippen molar-refractivity contribution in [2.45, 2.75) is 32.4 Å². The van der Waals surface area contributed by atoms with Gasteiger partial charge in [0.25, 0.3) is 0 Å². The third-order valence-electron chi connectivity index (χ3n) is 2.60. The molecule has 1 atom stereocenters. The Hall–Kier alpha value is -1.71. The fraction of sp³-hybridized carbons (Fsp3) is 0.385. The van der Waals surface area contributed by atoms with Gasteiger partial charge in [-0.15, -0.1) is 0 Å². The highest BCUT2D eigenvalue weighted by Gasteiger charge is 2.26. The average Bonchev–Trinajstić information content (AvgIpc) is 2.69. The third-order valence-corrected chi connectivity index (χ3v) is 2.60. The zero-order chi connectivity index (χ0) is 12.5. The quantitative estimate of drug-likeness (QED) is 0.791. The van der Waals surface area contributed by atoms with Crippen LogP contribution in [0.3, 0.4) is 0 Å². The molecule has 0 spiro atoms. The van der Waals surface area contributed by atoms with Crippen molar-refractivity contribution < 1.29 is 9.13 Å². The third kappa shape index (κ3) is 2.35. The minimum absolute atomic E-state index is 0.0444. The number of hydrogen-bond acceptors (Lipinski definition) is 3. The minimum Gasteiger partial charge on any atom is -0.488 e. The number of halogens is 1. The molecule has 0 radical (unpaired) electrons. The molecule has 1 heterocycles. The van der Waals surface area contributed by atoms with Crippen molar-refractivity contribution in [1.29, 1.82) is 0 Å². The Morgan fingerprint density at radius 1 is 1.35 bits per heavy atom. The van der Waals surface area contributed by atoms with Crippen LogP contribution in [0, 0.1) is 5.82 Å². The normalized spacial score (nSPS) is 22.4. The molecule has 2 rings (SSSR count). The highest BCUT2D eigenvalue weighted by Crippen LogP contribution is 2.29. The summed E-state index contributed by atoms with van der Waals surface area (Å²) in [5.41, 5.74) is 0.209. The van der Waals surface area contributed by atoms with Gasteiger partial charge in [0.05, 0.1) is 6.10 Å². The van der Waals surface area contributed by atoms with E-state index in [0.717, 1.165) is 5.56 Å². The van der Waals surface area contributed by atoms with E-state index in [9.17, 15) is 4.39 Å². The van der Waals surface area contributed by atoms with Crippen LogP contribution in [-0.4, -0.2) is 18.7 Å². The molecular weight excluding hydrogens is 219 g/mol. The molecule has 0 N–H and O–H groups in total. The first-order chi connectivity index (χ1) is 8.01. The summed E-state index contributed by atoms with van der Waals surface area (Å²) >= 11 is 0. The largest absolute Gasteiger partial charge is 0.488 e. The van der Waals surface area contributed by atoms with Gasteiger partial charge >= 0.3 is 0 Å². The molecular formula is C13H15FN2O. The highest BCUT2D eigenvalue weighted by molar-refractivity contribution is 5.86. The zero-order valence-corrected chi connectivity index (χ0v) is 10.1. The van der Waals surface area contributed by atoms with Crippen LogP contribution in [-0.2, 0) is 5.54 Å². The molecule has 1 aromatic carbocycles. The summed E-state index contributed by atoms with van der Waals surface area (Å²) < 4.78 is 19.2. The van der Waals surface area contributed by atoms with Crippen molar-refractivity contribution in [2.75, 3.05) is 0 Å². The van der Waals surface area contributed by atoms with E-state index < -0.39 is 5.54 Å². The number of ether oxygens (including phenoxy) is 1. The van der Waals surface area contributed by atoms with Gasteiger partial charge in [-0.05, 0) is 38.5 Å². The van der Waals surface area contributed by atoms with Crippen molar-refractivity contribution in [2.24, 2.45) is 9.98 Å². The second-order valence-corrected chi connectivity index (χ2v) is 4.48. The summed E-state index contributed by atoms with van der Waals surface area (Å²) in [4.78, 5) is 8.16. The monoisotopic (exact) mass is 234 g/mol. The molecule has 0 amide bonds. The molecule has 1 aliphatic heterocycles. The SMILES string of the molecule is CC(C)Oc1ccc(C2(C)C=NC=N2)cc1F. The Morgan fingerprint density at radius 3 is 2.65 bits per heavy atom. The van der Waals surface area contributed by atoms with E-state index in [4.69, 9.17) is 4.74 Å². The number of hydrogen-bond donors (Lipinski definition) is 0. The van der Waals surface area contributed by atoms with E-state index in [-0.39, 0.29) is 17.7 Å². The molecule has 0 aromatic heterocycles. The Labute approximate surface area is 100 Å². The Kier molecular flexibility index (Phi) is 2.96. The van der Waals surface area contributed by atoms with Gasteiger partial charge < -0.3 is 4.74 Å². The molecule has 0 fully saturated rings. The smallest absolute Gasteiger partial charge is 0.165 e. The van der Waals surface area contributed by atoms with Crippen LogP contribution in [0.1, 0.15) is 26.3 Å². The van der Waals surface area contributed by atoms with Crippen LogP contribution in [0.25, 0.3) is 0 Å². The second kappa shape index (κ2) is 4.28. The van der Waals surface area contributed by atoms with Crippen molar-refractivity contribution in [3.63, 3.8) is 0 Å². The molecule has 17 heavy (non-hydrogen) atoms. The summed E-state index contributed by atoms with van der Waals surface area (Å²) in [5.74, 6) is -0.0980. The predicted octanol–water partition coefficient (Wildman–Crippen LogP) is 2.94. The lowest BCUT2D eigenvalue weighted by Crippen LogP contribution is -2.18. The first-order valence-corrected chi connectivity index (χ1v) is 5.56. The lowest BCUT2D eigenvalue weighted by atomic mass is 9.94. The van der Waals surface area contributed by atoms with Gasteiger partial charge in [-0.3, -0.25) is 4.99 Å². The maximum atomic E-state index is 13.8. The topological polar surface area (TPSA) is 34.0 Å². The molecule has 1 unspecified atom stereocenters. The number of rotatable bonds is 3. The summed E-state index contributed by atoms with van der Waals surface area (Å²) in [6, 6.07) is 4.90. The predicted molar refractivity (Wildman–Crippen MR) is 66.5 cm³/mol. The number of nitrogens with zero attached hydrogens (tertiary/aromatic N) is 2. The number of aliphatic imine (C=N–C) groups is 2. The van der Waals surface area contributed by atoms with Gasteiger partial charge in [0.2, 0.25) is 0 Å². The molecule has 0 bridgehead atoms. The Morgan fingerprint density at radius 2 is 2.12 bits per heavy atom. The maximum Gasteiger partial charge on any atom is 0.165 e. The summed E-state index contributed by atoms with van der Waals surface area (Å²) in [6.07, 6.45) is 3.14. The maximum absolute atomic E-state index is 13.8. The van der Waals surface area contributed by atoms with Crippen LogP contribution >= 0.6 is 0 Å². The lowest BCUT2D eigenvalue weighted by Gasteiger charge is -2.18. The molecule has 0 saturated heterocycles. The number of benzene rings is 1. The van der Waals surface area contributed by atoms with Gasteiger partial charge in [-0.25, -0.2) is 9.38 Å². The molecule has 0 saturated carbocycles. The minimum atomic E-state index is -0.558. The Balaban J connectivity index is 2.31. The molecule has 1 aromatic rings. The van der Waals surface area contributed by atoms with Crippen LogP contribution < -0.4 is 4.74 Å². The van der Waals surface area contributed by atoms with E-state index >= 15 is 0 Å². The van der Waals surface area contributed by atoms with Crippen LogP contribution in [0.5, 0.6) is 5.75 Å².